The molecule has 0 aliphatic rings. The van der Waals surface area contributed by atoms with Gasteiger partial charge in [0, 0.05) is 29.8 Å². The zero-order valence-corrected chi connectivity index (χ0v) is 19.7. The largest absolute Gasteiger partial charge is 0.348 e. The number of halogens is 2. The second kappa shape index (κ2) is 9.87. The van der Waals surface area contributed by atoms with Crippen LogP contribution in [0, 0.1) is 0 Å². The SMILES string of the molecule is CCCCC(=O)CS(=O)(=O)Nn1c(=O)[nH]c2cc(C(F)F)c(-c3ccnn3C(C)C)cc2c1=O. The molecule has 0 spiro atoms. The molecule has 13 heteroatoms. The van der Waals surface area contributed by atoms with Crippen LogP contribution in [-0.2, 0) is 14.8 Å². The number of H-pyrrole nitrogens is 1. The van der Waals surface area contributed by atoms with Crippen LogP contribution in [0.15, 0.2) is 34.0 Å². The molecule has 0 saturated heterocycles. The molecule has 34 heavy (non-hydrogen) atoms. The molecule has 0 radical (unpaired) electrons. The molecule has 2 aromatic heterocycles. The first-order valence-electron chi connectivity index (χ1n) is 10.6. The molecule has 0 aliphatic heterocycles. The first kappa shape index (κ1) is 25.3. The number of aromatic nitrogens is 4. The van der Waals surface area contributed by atoms with Crippen molar-refractivity contribution in [2.45, 2.75) is 52.5 Å². The highest BCUT2D eigenvalue weighted by molar-refractivity contribution is 7.93. The summed E-state index contributed by atoms with van der Waals surface area (Å²) in [6.07, 6.45) is -0.240. The molecule has 0 atom stereocenters. The third-order valence-electron chi connectivity index (χ3n) is 5.13. The summed E-state index contributed by atoms with van der Waals surface area (Å²) in [6, 6.07) is 3.50. The van der Waals surface area contributed by atoms with Crippen LogP contribution in [0.4, 0.5) is 8.78 Å². The summed E-state index contributed by atoms with van der Waals surface area (Å²) in [5, 5.41) is 3.93. The number of ketones is 1. The smallest absolute Gasteiger partial charge is 0.305 e. The highest BCUT2D eigenvalue weighted by Crippen LogP contribution is 2.34. The lowest BCUT2D eigenvalue weighted by Gasteiger charge is -2.16. The molecule has 0 fully saturated rings. The quantitative estimate of drug-likeness (QED) is 0.442. The summed E-state index contributed by atoms with van der Waals surface area (Å²) in [6.45, 7) is 5.46. The van der Waals surface area contributed by atoms with Crippen molar-refractivity contribution in [3.05, 3.63) is 50.8 Å². The van der Waals surface area contributed by atoms with Gasteiger partial charge in [0.25, 0.3) is 22.0 Å². The number of nitrogens with one attached hydrogen (secondary N) is 2. The van der Waals surface area contributed by atoms with Crippen molar-refractivity contribution >= 4 is 26.7 Å². The lowest BCUT2D eigenvalue weighted by Crippen LogP contribution is -2.44. The predicted octanol–water partition coefficient (Wildman–Crippen LogP) is 2.70. The maximum absolute atomic E-state index is 13.9. The number of sulfonamides is 1. The van der Waals surface area contributed by atoms with E-state index in [9.17, 15) is 31.6 Å². The van der Waals surface area contributed by atoms with E-state index in [4.69, 9.17) is 0 Å². The standard InChI is InChI=1S/C21H25F2N5O5S/c1-4-5-6-13(29)11-34(32,33)26-28-20(30)16-9-14(18-7-8-24-27(18)12(2)3)15(19(22)23)10-17(16)25-21(28)31/h7-10,12,19,26H,4-6,11H2,1-3H3,(H,25,31). The second-order valence-corrected chi connectivity index (χ2v) is 9.80. The molecule has 184 valence electrons. The Kier molecular flexibility index (Phi) is 7.34. The fraction of sp³-hybridized carbons (Fsp3) is 0.429. The summed E-state index contributed by atoms with van der Waals surface area (Å²) in [5.74, 6) is -1.47. The van der Waals surface area contributed by atoms with Crippen molar-refractivity contribution < 1.29 is 22.0 Å². The number of rotatable bonds is 10. The van der Waals surface area contributed by atoms with E-state index < -0.39 is 44.8 Å². The number of carbonyl (C=O) groups excluding carboxylic acids is 1. The summed E-state index contributed by atoms with van der Waals surface area (Å²) in [4.78, 5) is 41.4. The van der Waals surface area contributed by atoms with Crippen LogP contribution in [0.2, 0.25) is 0 Å². The third-order valence-corrected chi connectivity index (χ3v) is 6.29. The van der Waals surface area contributed by atoms with Gasteiger partial charge in [0.15, 0.2) is 0 Å². The van der Waals surface area contributed by atoms with E-state index in [2.05, 4.69) is 10.1 Å². The average Bonchev–Trinajstić information content (AvgIpc) is 3.24. The Morgan fingerprint density at radius 3 is 2.56 bits per heavy atom. The summed E-state index contributed by atoms with van der Waals surface area (Å²) >= 11 is 0. The minimum atomic E-state index is -4.36. The highest BCUT2D eigenvalue weighted by atomic mass is 32.2. The summed E-state index contributed by atoms with van der Waals surface area (Å²) in [7, 11) is -4.36. The van der Waals surface area contributed by atoms with Crippen LogP contribution in [-0.4, -0.2) is 39.4 Å². The number of hydrogen-bond donors (Lipinski definition) is 2. The number of benzene rings is 1. The molecule has 0 unspecified atom stereocenters. The van der Waals surface area contributed by atoms with Gasteiger partial charge in [0.2, 0.25) is 0 Å². The Hall–Kier alpha value is -3.35. The maximum atomic E-state index is 13.9. The topological polar surface area (TPSA) is 136 Å². The Balaban J connectivity index is 2.14. The van der Waals surface area contributed by atoms with Gasteiger partial charge in [-0.1, -0.05) is 13.3 Å². The van der Waals surface area contributed by atoms with Gasteiger partial charge < -0.3 is 4.98 Å². The lowest BCUT2D eigenvalue weighted by atomic mass is 10.0. The van der Waals surface area contributed by atoms with Crippen LogP contribution in [0.1, 0.15) is 58.1 Å². The normalized spacial score (nSPS) is 12.1. The molecule has 0 saturated carbocycles. The van der Waals surface area contributed by atoms with E-state index in [1.165, 1.54) is 23.0 Å². The van der Waals surface area contributed by atoms with Crippen LogP contribution in [0.3, 0.4) is 0 Å². The van der Waals surface area contributed by atoms with E-state index in [-0.39, 0.29) is 33.6 Å². The van der Waals surface area contributed by atoms with Crippen molar-refractivity contribution in [1.82, 2.24) is 19.4 Å². The Morgan fingerprint density at radius 1 is 1.24 bits per heavy atom. The molecule has 0 aliphatic carbocycles. The zero-order chi connectivity index (χ0) is 25.2. The van der Waals surface area contributed by atoms with Crippen molar-refractivity contribution in [1.29, 1.82) is 0 Å². The van der Waals surface area contributed by atoms with Gasteiger partial charge >= 0.3 is 5.69 Å². The molecule has 3 aromatic rings. The van der Waals surface area contributed by atoms with E-state index in [1.807, 2.05) is 11.8 Å². The Labute approximate surface area is 193 Å². The molecule has 1 aromatic carbocycles. The molecular weight excluding hydrogens is 472 g/mol. The number of carbonyl (C=O) groups is 1. The minimum absolute atomic E-state index is 0.0157. The Bertz CT molecular complexity index is 1440. The average molecular weight is 498 g/mol. The number of Topliss-reactive ketones (excluding diaryl/α,β-unsaturated/α-hetero) is 1. The van der Waals surface area contributed by atoms with Gasteiger partial charge in [-0.25, -0.2) is 26.8 Å². The number of hydrogen-bond acceptors (Lipinski definition) is 6. The first-order valence-corrected chi connectivity index (χ1v) is 12.3. The van der Waals surface area contributed by atoms with Crippen molar-refractivity contribution in [3.63, 3.8) is 0 Å². The van der Waals surface area contributed by atoms with Gasteiger partial charge in [0.05, 0.1) is 16.6 Å². The van der Waals surface area contributed by atoms with Gasteiger partial charge in [-0.15, -0.1) is 0 Å². The van der Waals surface area contributed by atoms with E-state index in [1.54, 1.807) is 13.8 Å². The zero-order valence-electron chi connectivity index (χ0n) is 18.8. The van der Waals surface area contributed by atoms with Crippen molar-refractivity contribution in [3.8, 4) is 11.3 Å². The molecule has 2 heterocycles. The number of unbranched alkanes of at least 4 members (excludes halogenated alkanes) is 1. The lowest BCUT2D eigenvalue weighted by molar-refractivity contribution is -0.116. The van der Waals surface area contributed by atoms with Crippen molar-refractivity contribution in [2.24, 2.45) is 0 Å². The fourth-order valence-corrected chi connectivity index (χ4v) is 4.61. The van der Waals surface area contributed by atoms with Gasteiger partial charge in [-0.05, 0) is 38.5 Å². The van der Waals surface area contributed by atoms with Gasteiger partial charge in [-0.2, -0.15) is 9.77 Å². The molecule has 0 bridgehead atoms. The fourth-order valence-electron chi connectivity index (χ4n) is 3.53. The third kappa shape index (κ3) is 5.24. The van der Waals surface area contributed by atoms with Gasteiger partial charge in [-0.3, -0.25) is 14.3 Å². The monoisotopic (exact) mass is 497 g/mol. The summed E-state index contributed by atoms with van der Waals surface area (Å²) in [5.41, 5.74) is -2.51. The van der Waals surface area contributed by atoms with Crippen LogP contribution in [0.5, 0.6) is 0 Å². The first-order chi connectivity index (χ1) is 15.9. The molecular formula is C21H25F2N5O5S. The van der Waals surface area contributed by atoms with Crippen LogP contribution >= 0.6 is 0 Å². The molecule has 2 N–H and O–H groups in total. The highest BCUT2D eigenvalue weighted by Gasteiger charge is 2.23. The minimum Gasteiger partial charge on any atom is -0.305 e. The number of fused-ring (bicyclic) bond motifs is 1. The number of aromatic amines is 1. The summed E-state index contributed by atoms with van der Waals surface area (Å²) < 4.78 is 54.2. The molecule has 10 nitrogen and oxygen atoms in total. The Morgan fingerprint density at radius 2 is 1.94 bits per heavy atom. The van der Waals surface area contributed by atoms with E-state index in [0.29, 0.717) is 18.5 Å². The maximum Gasteiger partial charge on any atom is 0.348 e. The number of nitrogens with zero attached hydrogens (tertiary/aromatic N) is 3. The predicted molar refractivity (Wildman–Crippen MR) is 123 cm³/mol. The van der Waals surface area contributed by atoms with Crippen molar-refractivity contribution in [2.75, 3.05) is 10.6 Å². The molecule has 0 amide bonds. The number of alkyl halides is 2. The van der Waals surface area contributed by atoms with E-state index >= 15 is 0 Å². The second-order valence-electron chi connectivity index (χ2n) is 8.10. The van der Waals surface area contributed by atoms with E-state index in [0.717, 1.165) is 6.07 Å². The molecule has 3 rings (SSSR count). The van der Waals surface area contributed by atoms with Crippen LogP contribution < -0.4 is 16.1 Å². The van der Waals surface area contributed by atoms with Gasteiger partial charge in [0.1, 0.15) is 11.5 Å². The van der Waals surface area contributed by atoms with Crippen LogP contribution in [0.25, 0.3) is 22.2 Å².